The Bertz CT molecular complexity index is 416. The molecule has 0 saturated heterocycles. The van der Waals surface area contributed by atoms with Crippen molar-refractivity contribution in [1.29, 1.82) is 0 Å². The smallest absolute Gasteiger partial charge is 0.177 e. The lowest BCUT2D eigenvalue weighted by Crippen LogP contribution is -1.94. The lowest BCUT2D eigenvalue weighted by molar-refractivity contribution is 0.851. The SMILES string of the molecule is c1cc2nncn2nc1C1CC1. The maximum absolute atomic E-state index is 4.39. The van der Waals surface area contributed by atoms with Crippen molar-refractivity contribution >= 4 is 5.65 Å². The molecule has 1 fully saturated rings. The third-order valence-electron chi connectivity index (χ3n) is 2.18. The summed E-state index contributed by atoms with van der Waals surface area (Å²) in [5, 5.41) is 12.1. The van der Waals surface area contributed by atoms with Gasteiger partial charge in [0.2, 0.25) is 0 Å². The summed E-state index contributed by atoms with van der Waals surface area (Å²) in [6.45, 7) is 0. The maximum Gasteiger partial charge on any atom is 0.177 e. The molecule has 0 unspecified atom stereocenters. The van der Waals surface area contributed by atoms with Gasteiger partial charge in [-0.1, -0.05) is 0 Å². The highest BCUT2D eigenvalue weighted by Crippen LogP contribution is 2.38. The van der Waals surface area contributed by atoms with Crippen LogP contribution in [0.2, 0.25) is 0 Å². The van der Waals surface area contributed by atoms with Gasteiger partial charge >= 0.3 is 0 Å². The van der Waals surface area contributed by atoms with Crippen LogP contribution in [0.1, 0.15) is 24.5 Å². The zero-order chi connectivity index (χ0) is 7.97. The number of rotatable bonds is 1. The molecule has 0 N–H and O–H groups in total. The average Bonchev–Trinajstić information content (AvgIpc) is 2.84. The van der Waals surface area contributed by atoms with Crippen LogP contribution in [0, 0.1) is 0 Å². The standard InChI is InChI=1S/C8H8N4/c1-2-6(1)7-3-4-8-10-9-5-12(8)11-7/h3-6H,1-2H2. The molecule has 3 rings (SSSR count). The maximum atomic E-state index is 4.39. The van der Waals surface area contributed by atoms with Crippen LogP contribution in [-0.4, -0.2) is 19.8 Å². The number of fused-ring (bicyclic) bond motifs is 1. The van der Waals surface area contributed by atoms with Crippen LogP contribution in [0.5, 0.6) is 0 Å². The lowest BCUT2D eigenvalue weighted by atomic mass is 10.3. The summed E-state index contributed by atoms with van der Waals surface area (Å²) in [6.07, 6.45) is 4.20. The van der Waals surface area contributed by atoms with Crippen molar-refractivity contribution in [3.05, 3.63) is 24.2 Å². The molecule has 4 heteroatoms. The summed E-state index contributed by atoms with van der Waals surface area (Å²) >= 11 is 0. The second-order valence-electron chi connectivity index (χ2n) is 3.17. The molecule has 0 atom stereocenters. The van der Waals surface area contributed by atoms with Gasteiger partial charge in [0.25, 0.3) is 0 Å². The number of hydrogen-bond acceptors (Lipinski definition) is 3. The van der Waals surface area contributed by atoms with Gasteiger partial charge in [0.15, 0.2) is 5.65 Å². The van der Waals surface area contributed by atoms with E-state index in [2.05, 4.69) is 15.3 Å². The van der Waals surface area contributed by atoms with Crippen LogP contribution in [0.3, 0.4) is 0 Å². The predicted molar refractivity (Wildman–Crippen MR) is 42.8 cm³/mol. The van der Waals surface area contributed by atoms with E-state index in [9.17, 15) is 0 Å². The molecule has 0 amide bonds. The van der Waals surface area contributed by atoms with Gasteiger partial charge in [-0.3, -0.25) is 0 Å². The minimum absolute atomic E-state index is 0.691. The Balaban J connectivity index is 2.21. The minimum atomic E-state index is 0.691. The van der Waals surface area contributed by atoms with E-state index in [4.69, 9.17) is 0 Å². The van der Waals surface area contributed by atoms with Crippen LogP contribution in [-0.2, 0) is 0 Å². The fourth-order valence-electron chi connectivity index (χ4n) is 1.34. The molecule has 2 heterocycles. The van der Waals surface area contributed by atoms with E-state index >= 15 is 0 Å². The monoisotopic (exact) mass is 160 g/mol. The van der Waals surface area contributed by atoms with E-state index in [1.54, 1.807) is 10.8 Å². The molecule has 0 aliphatic heterocycles. The van der Waals surface area contributed by atoms with Gasteiger partial charge in [0.05, 0.1) is 5.69 Å². The second-order valence-corrected chi connectivity index (χ2v) is 3.17. The Hall–Kier alpha value is -1.45. The van der Waals surface area contributed by atoms with Crippen molar-refractivity contribution in [3.63, 3.8) is 0 Å². The quantitative estimate of drug-likeness (QED) is 0.625. The minimum Gasteiger partial charge on any atom is -0.200 e. The van der Waals surface area contributed by atoms with Crippen molar-refractivity contribution in [1.82, 2.24) is 19.8 Å². The Labute approximate surface area is 69.2 Å². The predicted octanol–water partition coefficient (Wildman–Crippen LogP) is 1.00. The van der Waals surface area contributed by atoms with Crippen LogP contribution >= 0.6 is 0 Å². The highest BCUT2D eigenvalue weighted by atomic mass is 15.3. The fourth-order valence-corrected chi connectivity index (χ4v) is 1.34. The van der Waals surface area contributed by atoms with Gasteiger partial charge in [0, 0.05) is 5.92 Å². The van der Waals surface area contributed by atoms with Gasteiger partial charge in [-0.15, -0.1) is 10.2 Å². The van der Waals surface area contributed by atoms with Crippen LogP contribution in [0.4, 0.5) is 0 Å². The highest BCUT2D eigenvalue weighted by molar-refractivity contribution is 5.35. The lowest BCUT2D eigenvalue weighted by Gasteiger charge is -1.95. The van der Waals surface area contributed by atoms with Crippen LogP contribution in [0.15, 0.2) is 18.5 Å². The first-order chi connectivity index (χ1) is 5.93. The number of nitrogens with zero attached hydrogens (tertiary/aromatic N) is 4. The summed E-state index contributed by atoms with van der Waals surface area (Å²) in [5.74, 6) is 0.691. The Morgan fingerprint density at radius 3 is 3.08 bits per heavy atom. The Kier molecular flexibility index (Phi) is 1.03. The molecule has 0 spiro atoms. The zero-order valence-corrected chi connectivity index (χ0v) is 6.51. The van der Waals surface area contributed by atoms with Crippen molar-refractivity contribution in [2.45, 2.75) is 18.8 Å². The molecule has 2 aromatic rings. The molecule has 0 radical (unpaired) electrons. The van der Waals surface area contributed by atoms with Gasteiger partial charge in [-0.2, -0.15) is 5.10 Å². The largest absolute Gasteiger partial charge is 0.200 e. The Morgan fingerprint density at radius 2 is 2.25 bits per heavy atom. The van der Waals surface area contributed by atoms with Crippen molar-refractivity contribution in [2.24, 2.45) is 0 Å². The summed E-state index contributed by atoms with van der Waals surface area (Å²) in [6, 6.07) is 4.01. The van der Waals surface area contributed by atoms with E-state index < -0.39 is 0 Å². The molecular formula is C8H8N4. The van der Waals surface area contributed by atoms with E-state index in [1.807, 2.05) is 12.1 Å². The molecular weight excluding hydrogens is 152 g/mol. The number of aromatic nitrogens is 4. The van der Waals surface area contributed by atoms with E-state index in [0.29, 0.717) is 5.92 Å². The van der Waals surface area contributed by atoms with Crippen molar-refractivity contribution in [3.8, 4) is 0 Å². The molecule has 60 valence electrons. The van der Waals surface area contributed by atoms with Crippen molar-refractivity contribution in [2.75, 3.05) is 0 Å². The van der Waals surface area contributed by atoms with Crippen molar-refractivity contribution < 1.29 is 0 Å². The average molecular weight is 160 g/mol. The van der Waals surface area contributed by atoms with Gasteiger partial charge < -0.3 is 0 Å². The third kappa shape index (κ3) is 0.809. The summed E-state index contributed by atoms with van der Waals surface area (Å²) in [4.78, 5) is 0. The Morgan fingerprint density at radius 1 is 1.33 bits per heavy atom. The summed E-state index contributed by atoms with van der Waals surface area (Å²) in [7, 11) is 0. The molecule has 2 aromatic heterocycles. The molecule has 0 aromatic carbocycles. The molecule has 1 saturated carbocycles. The topological polar surface area (TPSA) is 43.1 Å². The molecule has 1 aliphatic carbocycles. The second kappa shape index (κ2) is 2.03. The summed E-state index contributed by atoms with van der Waals surface area (Å²) < 4.78 is 1.73. The van der Waals surface area contributed by atoms with E-state index in [-0.39, 0.29) is 0 Å². The zero-order valence-electron chi connectivity index (χ0n) is 6.51. The van der Waals surface area contributed by atoms with E-state index in [1.165, 1.54) is 18.5 Å². The highest BCUT2D eigenvalue weighted by Gasteiger charge is 2.25. The molecule has 12 heavy (non-hydrogen) atoms. The fraction of sp³-hybridized carbons (Fsp3) is 0.375. The molecule has 0 bridgehead atoms. The van der Waals surface area contributed by atoms with E-state index in [0.717, 1.165) is 5.65 Å². The van der Waals surface area contributed by atoms with Gasteiger partial charge in [-0.05, 0) is 25.0 Å². The van der Waals surface area contributed by atoms with Crippen LogP contribution < -0.4 is 0 Å². The molecule has 1 aliphatic rings. The third-order valence-corrected chi connectivity index (χ3v) is 2.18. The van der Waals surface area contributed by atoms with Crippen LogP contribution in [0.25, 0.3) is 5.65 Å². The first kappa shape index (κ1) is 6.11. The normalized spacial score (nSPS) is 17.0. The first-order valence-electron chi connectivity index (χ1n) is 4.10. The van der Waals surface area contributed by atoms with Gasteiger partial charge in [-0.25, -0.2) is 4.52 Å². The molecule has 4 nitrogen and oxygen atoms in total. The number of hydrogen-bond donors (Lipinski definition) is 0. The first-order valence-corrected chi connectivity index (χ1v) is 4.10. The van der Waals surface area contributed by atoms with Gasteiger partial charge in [0.1, 0.15) is 6.33 Å². The summed E-state index contributed by atoms with van der Waals surface area (Å²) in [5.41, 5.74) is 1.99.